The number of carbonyl (C=O) groups excluding carboxylic acids is 2. The van der Waals surface area contributed by atoms with E-state index in [4.69, 9.17) is 9.16 Å². The first kappa shape index (κ1) is 20.3. The molecule has 0 heterocycles. The minimum atomic E-state index is -1.40. The van der Waals surface area contributed by atoms with E-state index in [0.29, 0.717) is 17.7 Å². The molecule has 2 aromatic rings. The van der Waals surface area contributed by atoms with Gasteiger partial charge in [-0.05, 0) is 41.4 Å². The molecule has 0 amide bonds. The summed E-state index contributed by atoms with van der Waals surface area (Å²) >= 11 is 0. The van der Waals surface area contributed by atoms with Gasteiger partial charge in [-0.2, -0.15) is 0 Å². The molecule has 2 aromatic carbocycles. The zero-order chi connectivity index (χ0) is 20.5. The van der Waals surface area contributed by atoms with Crippen LogP contribution in [0.1, 0.15) is 33.6 Å². The van der Waals surface area contributed by atoms with Gasteiger partial charge in [0.25, 0.3) is 0 Å². The quantitative estimate of drug-likeness (QED) is 0.404. The third kappa shape index (κ3) is 4.53. The van der Waals surface area contributed by atoms with Crippen LogP contribution in [0.3, 0.4) is 0 Å². The lowest BCUT2D eigenvalue weighted by atomic mass is 9.79. The lowest BCUT2D eigenvalue weighted by molar-refractivity contribution is -0.134. The predicted molar refractivity (Wildman–Crippen MR) is 114 cm³/mol. The number of fused-ring (bicyclic) bond motifs is 1. The van der Waals surface area contributed by atoms with E-state index in [1.54, 1.807) is 6.07 Å². The molecule has 5 heteroatoms. The highest BCUT2D eigenvalue weighted by Gasteiger charge is 2.41. The molecule has 4 nitrogen and oxygen atoms in total. The summed E-state index contributed by atoms with van der Waals surface area (Å²) in [6, 6.07) is 13.4. The fourth-order valence-electron chi connectivity index (χ4n) is 3.58. The number of Topliss-reactive ketones (excluding diaryl/α,β-unsaturated/α-hetero) is 1. The zero-order valence-corrected chi connectivity index (χ0v) is 18.4. The molecule has 0 saturated heterocycles. The average Bonchev–Trinajstić information content (AvgIpc) is 2.90. The van der Waals surface area contributed by atoms with Crippen molar-refractivity contribution in [2.45, 2.75) is 46.7 Å². The maximum atomic E-state index is 12.7. The average molecular weight is 397 g/mol. The lowest BCUT2D eigenvalue weighted by Crippen LogP contribution is -2.24. The number of hydrogen-bond acceptors (Lipinski definition) is 4. The molecule has 3 rings (SSSR count). The third-order valence-corrected chi connectivity index (χ3v) is 5.75. The number of ether oxygens (including phenoxy) is 1. The van der Waals surface area contributed by atoms with E-state index in [1.807, 2.05) is 36.4 Å². The molecule has 1 atom stereocenters. The number of carbonyl (C=O) groups is 2. The summed E-state index contributed by atoms with van der Waals surface area (Å²) in [4.78, 5) is 25.2. The minimum absolute atomic E-state index is 0.0000338. The summed E-state index contributed by atoms with van der Waals surface area (Å²) in [5.74, 6) is 0.788. The van der Waals surface area contributed by atoms with Crippen LogP contribution in [0, 0.1) is 11.3 Å². The van der Waals surface area contributed by atoms with Crippen LogP contribution in [0.4, 0.5) is 0 Å². The maximum absolute atomic E-state index is 12.7. The predicted octanol–water partition coefficient (Wildman–Crippen LogP) is 5.02. The molecule has 0 aromatic heterocycles. The molecular formula is C23H28O4Si. The maximum Gasteiger partial charge on any atom is 0.315 e. The summed E-state index contributed by atoms with van der Waals surface area (Å²) in [7, 11) is -1.40. The highest BCUT2D eigenvalue weighted by Crippen LogP contribution is 2.43. The number of rotatable bonds is 5. The minimum Gasteiger partial charge on any atom is -0.549 e. The Labute approximate surface area is 168 Å². The Bertz CT molecular complexity index is 937. The first-order chi connectivity index (χ1) is 13.1. The lowest BCUT2D eigenvalue weighted by Gasteiger charge is -2.30. The Kier molecular flexibility index (Phi) is 5.75. The van der Waals surface area contributed by atoms with Crippen molar-refractivity contribution in [3.05, 3.63) is 53.8 Å². The van der Waals surface area contributed by atoms with E-state index < -0.39 is 15.0 Å². The molecule has 0 radical (unpaired) electrons. The van der Waals surface area contributed by atoms with Crippen LogP contribution in [0.25, 0.3) is 10.8 Å². The van der Waals surface area contributed by atoms with Crippen molar-refractivity contribution in [1.82, 2.24) is 0 Å². The molecule has 0 fully saturated rings. The molecule has 148 valence electrons. The molecule has 0 saturated carbocycles. The standard InChI is InChI=1S/C23H28O4Si/c1-23(2,3)19-14-20(24)18(22(19)27-28(4)5)13-21(25)26-17-11-10-15-8-6-7-9-16(15)12-17/h6-12,19,28H,13-14H2,1-5H3/t19-/m0/s1. The van der Waals surface area contributed by atoms with Crippen molar-refractivity contribution in [2.75, 3.05) is 0 Å². The Morgan fingerprint density at radius 3 is 2.43 bits per heavy atom. The van der Waals surface area contributed by atoms with Gasteiger partial charge in [-0.3, -0.25) is 9.59 Å². The summed E-state index contributed by atoms with van der Waals surface area (Å²) in [5, 5.41) is 2.09. The second-order valence-electron chi connectivity index (χ2n) is 8.72. The normalized spacial score (nSPS) is 17.5. The van der Waals surface area contributed by atoms with Gasteiger partial charge in [0.1, 0.15) is 5.75 Å². The molecule has 0 spiro atoms. The van der Waals surface area contributed by atoms with Crippen LogP contribution in [0.5, 0.6) is 5.75 Å². The van der Waals surface area contributed by atoms with Crippen LogP contribution in [0.2, 0.25) is 13.1 Å². The summed E-state index contributed by atoms with van der Waals surface area (Å²) in [6.07, 6.45) is 0.354. The van der Waals surface area contributed by atoms with Crippen molar-refractivity contribution < 1.29 is 18.8 Å². The molecule has 1 aliphatic rings. The second-order valence-corrected chi connectivity index (χ2v) is 11.0. The third-order valence-electron chi connectivity index (χ3n) is 5.02. The fraction of sp³-hybridized carbons (Fsp3) is 0.391. The first-order valence-corrected chi connectivity index (χ1v) is 12.6. The van der Waals surface area contributed by atoms with Crippen molar-refractivity contribution >= 4 is 31.6 Å². The van der Waals surface area contributed by atoms with Crippen molar-refractivity contribution in [2.24, 2.45) is 11.3 Å². The van der Waals surface area contributed by atoms with E-state index >= 15 is 0 Å². The highest BCUT2D eigenvalue weighted by molar-refractivity contribution is 6.48. The first-order valence-electron chi connectivity index (χ1n) is 9.77. The Morgan fingerprint density at radius 1 is 1.11 bits per heavy atom. The van der Waals surface area contributed by atoms with Gasteiger partial charge in [-0.25, -0.2) is 0 Å². The van der Waals surface area contributed by atoms with Crippen LogP contribution in [-0.2, 0) is 14.0 Å². The Morgan fingerprint density at radius 2 is 1.79 bits per heavy atom. The van der Waals surface area contributed by atoms with Crippen molar-refractivity contribution in [3.8, 4) is 5.75 Å². The molecular weight excluding hydrogens is 368 g/mol. The fourth-order valence-corrected chi connectivity index (χ4v) is 4.40. The molecule has 0 unspecified atom stereocenters. The van der Waals surface area contributed by atoms with Crippen LogP contribution < -0.4 is 4.74 Å². The van der Waals surface area contributed by atoms with Gasteiger partial charge in [0.15, 0.2) is 5.78 Å². The molecule has 0 N–H and O–H groups in total. The topological polar surface area (TPSA) is 52.6 Å². The Balaban J connectivity index is 1.82. The smallest absolute Gasteiger partial charge is 0.315 e. The van der Waals surface area contributed by atoms with E-state index in [2.05, 4.69) is 33.9 Å². The van der Waals surface area contributed by atoms with Crippen LogP contribution >= 0.6 is 0 Å². The number of ketones is 1. The zero-order valence-electron chi connectivity index (χ0n) is 17.2. The van der Waals surface area contributed by atoms with E-state index in [0.717, 1.165) is 16.5 Å². The number of esters is 1. The monoisotopic (exact) mass is 396 g/mol. The van der Waals surface area contributed by atoms with Gasteiger partial charge in [-0.15, -0.1) is 0 Å². The van der Waals surface area contributed by atoms with Crippen molar-refractivity contribution in [1.29, 1.82) is 0 Å². The van der Waals surface area contributed by atoms with E-state index in [-0.39, 0.29) is 23.5 Å². The molecule has 0 bridgehead atoms. The number of benzene rings is 2. The van der Waals surface area contributed by atoms with Crippen LogP contribution in [-0.4, -0.2) is 20.8 Å². The van der Waals surface area contributed by atoms with Crippen molar-refractivity contribution in [3.63, 3.8) is 0 Å². The largest absolute Gasteiger partial charge is 0.549 e. The van der Waals surface area contributed by atoms with Gasteiger partial charge >= 0.3 is 5.97 Å². The van der Waals surface area contributed by atoms with E-state index in [9.17, 15) is 9.59 Å². The van der Waals surface area contributed by atoms with Gasteiger partial charge in [0.05, 0.1) is 12.2 Å². The molecule has 1 aliphatic carbocycles. The SMILES string of the molecule is C[SiH](C)OC1=C(CC(=O)Oc2ccc3ccccc3c2)C(=O)C[C@@H]1C(C)(C)C. The second kappa shape index (κ2) is 7.92. The van der Waals surface area contributed by atoms with E-state index in [1.165, 1.54) is 0 Å². The highest BCUT2D eigenvalue weighted by atomic mass is 28.3. The Hall–Kier alpha value is -2.40. The number of allylic oxidation sites excluding steroid dienone is 1. The van der Waals surface area contributed by atoms with Gasteiger partial charge < -0.3 is 9.16 Å². The molecule has 0 aliphatic heterocycles. The number of hydrogen-bond donors (Lipinski definition) is 0. The molecule has 28 heavy (non-hydrogen) atoms. The van der Waals surface area contributed by atoms with Gasteiger partial charge in [0, 0.05) is 17.9 Å². The van der Waals surface area contributed by atoms with Gasteiger partial charge in [0.2, 0.25) is 9.04 Å². The summed E-state index contributed by atoms with van der Waals surface area (Å²) in [5.41, 5.74) is 0.394. The van der Waals surface area contributed by atoms with Crippen LogP contribution in [0.15, 0.2) is 53.8 Å². The summed E-state index contributed by atoms with van der Waals surface area (Å²) in [6.45, 7) is 10.5. The summed E-state index contributed by atoms with van der Waals surface area (Å²) < 4.78 is 11.7. The van der Waals surface area contributed by atoms with Gasteiger partial charge in [-0.1, -0.05) is 51.1 Å².